The second-order valence-corrected chi connectivity index (χ2v) is 4.89. The van der Waals surface area contributed by atoms with Crippen LogP contribution in [0.25, 0.3) is 0 Å². The van der Waals surface area contributed by atoms with Gasteiger partial charge < -0.3 is 5.32 Å². The lowest BCUT2D eigenvalue weighted by Crippen LogP contribution is -2.38. The second-order valence-electron chi connectivity index (χ2n) is 3.11. The molecule has 0 spiro atoms. The zero-order chi connectivity index (χ0) is 8.27. The van der Waals surface area contributed by atoms with Crippen molar-refractivity contribution in [2.24, 2.45) is 0 Å². The van der Waals surface area contributed by atoms with Crippen LogP contribution in [0.5, 0.6) is 0 Å². The fraction of sp³-hybridized carbons (Fsp3) is 0.875. The predicted molar refractivity (Wildman–Crippen MR) is 48.8 cm³/mol. The van der Waals surface area contributed by atoms with E-state index < -0.39 is 0 Å². The van der Waals surface area contributed by atoms with Gasteiger partial charge in [0.05, 0.1) is 5.25 Å². The predicted octanol–water partition coefficient (Wildman–Crippen LogP) is 1.41. The first-order valence-electron chi connectivity index (χ1n) is 4.13. The monoisotopic (exact) mass is 173 g/mol. The van der Waals surface area contributed by atoms with Gasteiger partial charge >= 0.3 is 0 Å². The number of rotatable bonds is 2. The molecule has 0 saturated carbocycles. The van der Waals surface area contributed by atoms with Gasteiger partial charge in [0.1, 0.15) is 0 Å². The molecule has 0 aromatic heterocycles. The van der Waals surface area contributed by atoms with Gasteiger partial charge in [-0.3, -0.25) is 4.79 Å². The largest absolute Gasteiger partial charge is 0.355 e. The minimum absolute atomic E-state index is 0.212. The lowest BCUT2D eigenvalue weighted by Gasteiger charge is -2.22. The van der Waals surface area contributed by atoms with Gasteiger partial charge in [0.25, 0.3) is 0 Å². The van der Waals surface area contributed by atoms with E-state index in [4.69, 9.17) is 0 Å². The summed E-state index contributed by atoms with van der Waals surface area (Å²) in [6.45, 7) is 5.13. The summed E-state index contributed by atoms with van der Waals surface area (Å²) in [5.41, 5.74) is 0. The molecule has 0 radical (unpaired) electrons. The van der Waals surface area contributed by atoms with Crippen LogP contribution in [0.4, 0.5) is 0 Å². The highest BCUT2D eigenvalue weighted by molar-refractivity contribution is 8.01. The second kappa shape index (κ2) is 4.00. The third-order valence-corrected chi connectivity index (χ3v) is 2.99. The zero-order valence-corrected chi connectivity index (χ0v) is 7.91. The molecule has 0 aliphatic carbocycles. The standard InChI is InChI=1S/C8H15NOS/c1-6(2)11-7-4-3-5-9-8(7)10/h6-7H,3-5H2,1-2H3,(H,9,10). The maximum atomic E-state index is 11.2. The minimum Gasteiger partial charge on any atom is -0.355 e. The van der Waals surface area contributed by atoms with Crippen molar-refractivity contribution in [2.75, 3.05) is 6.54 Å². The Hall–Kier alpha value is -0.180. The van der Waals surface area contributed by atoms with Crippen molar-refractivity contribution in [1.82, 2.24) is 5.32 Å². The van der Waals surface area contributed by atoms with Crippen LogP contribution in [0, 0.1) is 0 Å². The average molecular weight is 173 g/mol. The fourth-order valence-electron chi connectivity index (χ4n) is 1.20. The number of amides is 1. The summed E-state index contributed by atoms with van der Waals surface area (Å²) in [7, 11) is 0. The molecule has 1 heterocycles. The maximum Gasteiger partial charge on any atom is 0.233 e. The molecule has 1 N–H and O–H groups in total. The number of thioether (sulfide) groups is 1. The number of hydrogen-bond donors (Lipinski definition) is 1. The summed E-state index contributed by atoms with van der Waals surface area (Å²) in [4.78, 5) is 11.2. The van der Waals surface area contributed by atoms with Crippen molar-refractivity contribution >= 4 is 17.7 Å². The van der Waals surface area contributed by atoms with Crippen molar-refractivity contribution in [1.29, 1.82) is 0 Å². The minimum atomic E-state index is 0.212. The molecular weight excluding hydrogens is 158 g/mol. The molecule has 2 nitrogen and oxygen atoms in total. The summed E-state index contributed by atoms with van der Waals surface area (Å²) in [5.74, 6) is 0.231. The van der Waals surface area contributed by atoms with Gasteiger partial charge in [-0.15, -0.1) is 11.8 Å². The Labute approximate surface area is 72.1 Å². The van der Waals surface area contributed by atoms with Gasteiger partial charge in [0, 0.05) is 6.54 Å². The highest BCUT2D eigenvalue weighted by Gasteiger charge is 2.22. The van der Waals surface area contributed by atoms with E-state index in [0.717, 1.165) is 19.4 Å². The van der Waals surface area contributed by atoms with Gasteiger partial charge in [-0.25, -0.2) is 0 Å². The van der Waals surface area contributed by atoms with Crippen LogP contribution in [0.2, 0.25) is 0 Å². The molecule has 1 rings (SSSR count). The quantitative estimate of drug-likeness (QED) is 0.684. The van der Waals surface area contributed by atoms with E-state index in [1.54, 1.807) is 11.8 Å². The first kappa shape index (κ1) is 8.91. The first-order chi connectivity index (χ1) is 5.20. The lowest BCUT2D eigenvalue weighted by molar-refractivity contribution is -0.121. The van der Waals surface area contributed by atoms with Crippen LogP contribution in [-0.4, -0.2) is 23.0 Å². The van der Waals surface area contributed by atoms with Crippen LogP contribution in [0.15, 0.2) is 0 Å². The van der Waals surface area contributed by atoms with Crippen molar-refractivity contribution in [3.63, 3.8) is 0 Å². The molecule has 0 bridgehead atoms. The molecule has 0 aromatic carbocycles. The van der Waals surface area contributed by atoms with Crippen LogP contribution in [-0.2, 0) is 4.79 Å². The Kier molecular flexibility index (Phi) is 3.24. The van der Waals surface area contributed by atoms with Crippen molar-refractivity contribution in [3.8, 4) is 0 Å². The van der Waals surface area contributed by atoms with Crippen molar-refractivity contribution in [2.45, 2.75) is 37.2 Å². The van der Waals surface area contributed by atoms with E-state index in [0.29, 0.717) is 5.25 Å². The third-order valence-electron chi connectivity index (χ3n) is 1.67. The Morgan fingerprint density at radius 3 is 2.91 bits per heavy atom. The summed E-state index contributed by atoms with van der Waals surface area (Å²) in [6, 6.07) is 0. The SMILES string of the molecule is CC(C)SC1CCCNC1=O. The Balaban J connectivity index is 2.36. The van der Waals surface area contributed by atoms with E-state index >= 15 is 0 Å². The average Bonchev–Trinajstić information content (AvgIpc) is 1.93. The van der Waals surface area contributed by atoms with E-state index in [2.05, 4.69) is 19.2 Å². The molecule has 1 atom stereocenters. The molecule has 3 heteroatoms. The van der Waals surface area contributed by atoms with Gasteiger partial charge in [-0.1, -0.05) is 13.8 Å². The van der Waals surface area contributed by atoms with Crippen molar-refractivity contribution < 1.29 is 4.79 Å². The Morgan fingerprint density at radius 1 is 1.64 bits per heavy atom. The van der Waals surface area contributed by atoms with Crippen LogP contribution in [0.1, 0.15) is 26.7 Å². The van der Waals surface area contributed by atoms with Crippen LogP contribution >= 0.6 is 11.8 Å². The number of carbonyl (C=O) groups is 1. The molecule has 1 aliphatic rings. The summed E-state index contributed by atoms with van der Waals surface area (Å²) >= 11 is 1.77. The van der Waals surface area contributed by atoms with Gasteiger partial charge in [-0.2, -0.15) is 0 Å². The topological polar surface area (TPSA) is 29.1 Å². The first-order valence-corrected chi connectivity index (χ1v) is 5.07. The lowest BCUT2D eigenvalue weighted by atomic mass is 10.1. The highest BCUT2D eigenvalue weighted by Crippen LogP contribution is 2.23. The summed E-state index contributed by atoms with van der Waals surface area (Å²) in [6.07, 6.45) is 2.19. The van der Waals surface area contributed by atoms with Gasteiger partial charge in [0.2, 0.25) is 5.91 Å². The number of carbonyl (C=O) groups excluding carboxylic acids is 1. The van der Waals surface area contributed by atoms with E-state index in [9.17, 15) is 4.79 Å². The summed E-state index contributed by atoms with van der Waals surface area (Å²) in [5, 5.41) is 3.65. The molecule has 11 heavy (non-hydrogen) atoms. The van der Waals surface area contributed by atoms with E-state index in [1.807, 2.05) is 0 Å². The molecule has 1 fully saturated rings. The molecule has 1 aliphatic heterocycles. The van der Waals surface area contributed by atoms with E-state index in [1.165, 1.54) is 0 Å². The summed E-state index contributed by atoms with van der Waals surface area (Å²) < 4.78 is 0. The molecule has 64 valence electrons. The fourth-order valence-corrected chi connectivity index (χ4v) is 2.37. The van der Waals surface area contributed by atoms with Crippen LogP contribution < -0.4 is 5.32 Å². The number of hydrogen-bond acceptors (Lipinski definition) is 2. The van der Waals surface area contributed by atoms with Gasteiger partial charge in [0.15, 0.2) is 0 Å². The normalized spacial score (nSPS) is 25.4. The molecule has 0 aromatic rings. The maximum absolute atomic E-state index is 11.2. The highest BCUT2D eigenvalue weighted by atomic mass is 32.2. The van der Waals surface area contributed by atoms with Gasteiger partial charge in [-0.05, 0) is 18.1 Å². The Bertz CT molecular complexity index is 147. The molecule has 1 amide bonds. The van der Waals surface area contributed by atoms with Crippen molar-refractivity contribution in [3.05, 3.63) is 0 Å². The smallest absolute Gasteiger partial charge is 0.233 e. The molecule has 1 unspecified atom stereocenters. The number of piperidine rings is 1. The van der Waals surface area contributed by atoms with E-state index in [-0.39, 0.29) is 11.2 Å². The Morgan fingerprint density at radius 2 is 2.36 bits per heavy atom. The molecular formula is C8H15NOS. The van der Waals surface area contributed by atoms with Crippen LogP contribution in [0.3, 0.4) is 0 Å². The third kappa shape index (κ3) is 2.73. The zero-order valence-electron chi connectivity index (χ0n) is 7.09. The number of nitrogens with one attached hydrogen (secondary N) is 1. The molecule has 1 saturated heterocycles.